The van der Waals surface area contributed by atoms with Crippen LogP contribution in [0.1, 0.15) is 43.0 Å². The summed E-state index contributed by atoms with van der Waals surface area (Å²) in [6.07, 6.45) is 3.88. The second-order valence-electron chi connectivity index (χ2n) is 7.17. The van der Waals surface area contributed by atoms with E-state index in [-0.39, 0.29) is 17.6 Å². The van der Waals surface area contributed by atoms with Gasteiger partial charge in [-0.2, -0.15) is 0 Å². The lowest BCUT2D eigenvalue weighted by Gasteiger charge is -2.38. The van der Waals surface area contributed by atoms with Crippen LogP contribution in [0, 0.1) is 6.92 Å². The summed E-state index contributed by atoms with van der Waals surface area (Å²) >= 11 is 12.0. The third kappa shape index (κ3) is 4.40. The topological polar surface area (TPSA) is 38.3 Å². The van der Waals surface area contributed by atoms with Gasteiger partial charge in [0.15, 0.2) is 0 Å². The van der Waals surface area contributed by atoms with Gasteiger partial charge in [0.2, 0.25) is 5.91 Å². The fourth-order valence-corrected chi connectivity index (χ4v) is 3.60. The molecule has 3 nitrogen and oxygen atoms in total. The van der Waals surface area contributed by atoms with Crippen LogP contribution in [0.25, 0.3) is 6.08 Å². The van der Waals surface area contributed by atoms with E-state index >= 15 is 0 Å². The van der Waals surface area contributed by atoms with Gasteiger partial charge < -0.3 is 10.1 Å². The molecular weight excluding hydrogens is 369 g/mol. The van der Waals surface area contributed by atoms with Gasteiger partial charge in [-0.15, -0.1) is 0 Å². The molecule has 0 fully saturated rings. The van der Waals surface area contributed by atoms with Gasteiger partial charge in [-0.3, -0.25) is 4.79 Å². The number of hydrogen-bond donors (Lipinski definition) is 1. The van der Waals surface area contributed by atoms with Crippen molar-refractivity contribution in [3.63, 3.8) is 0 Å². The van der Waals surface area contributed by atoms with Crippen LogP contribution in [0.2, 0.25) is 10.0 Å². The van der Waals surface area contributed by atoms with Crippen molar-refractivity contribution in [1.82, 2.24) is 5.32 Å². The lowest BCUT2D eigenvalue weighted by Crippen LogP contribution is -2.41. The van der Waals surface area contributed by atoms with E-state index in [0.29, 0.717) is 16.5 Å². The summed E-state index contributed by atoms with van der Waals surface area (Å²) in [5.74, 6) is 0.646. The van der Waals surface area contributed by atoms with Crippen LogP contribution in [0.15, 0.2) is 42.5 Å². The van der Waals surface area contributed by atoms with Crippen molar-refractivity contribution in [3.05, 3.63) is 69.2 Å². The minimum absolute atomic E-state index is 0.105. The number of carbonyl (C=O) groups excluding carboxylic acids is 1. The summed E-state index contributed by atoms with van der Waals surface area (Å²) in [6, 6.07) is 11.1. The number of ether oxygens (including phenoxy) is 1. The summed E-state index contributed by atoms with van der Waals surface area (Å²) < 4.78 is 6.04. The molecule has 0 radical (unpaired) electrons. The molecule has 0 saturated carbocycles. The second kappa shape index (κ2) is 7.34. The molecule has 26 heavy (non-hydrogen) atoms. The summed E-state index contributed by atoms with van der Waals surface area (Å²) in [5.41, 5.74) is 2.55. The lowest BCUT2D eigenvalue weighted by molar-refractivity contribution is -0.117. The monoisotopic (exact) mass is 389 g/mol. The highest BCUT2D eigenvalue weighted by Gasteiger charge is 2.34. The van der Waals surface area contributed by atoms with Crippen LogP contribution < -0.4 is 10.1 Å². The Balaban J connectivity index is 1.78. The third-order valence-corrected chi connectivity index (χ3v) is 4.88. The highest BCUT2D eigenvalue weighted by molar-refractivity contribution is 6.35. The summed E-state index contributed by atoms with van der Waals surface area (Å²) in [7, 11) is 0. The number of amides is 1. The molecule has 1 unspecified atom stereocenters. The summed E-state index contributed by atoms with van der Waals surface area (Å²) in [5, 5.41) is 4.16. The SMILES string of the molecule is Cc1ccc2c(c1)C(NC(=O)/C=C/c1ccc(Cl)cc1Cl)CC(C)(C)O2. The predicted molar refractivity (Wildman–Crippen MR) is 107 cm³/mol. The van der Waals surface area contributed by atoms with Crippen LogP contribution in [0.5, 0.6) is 5.75 Å². The first-order valence-electron chi connectivity index (χ1n) is 8.47. The van der Waals surface area contributed by atoms with Gasteiger partial charge in [-0.1, -0.05) is 47.0 Å². The molecule has 1 heterocycles. The van der Waals surface area contributed by atoms with E-state index in [1.165, 1.54) is 6.08 Å². The van der Waals surface area contributed by atoms with Crippen molar-refractivity contribution in [3.8, 4) is 5.75 Å². The molecule has 0 spiro atoms. The molecule has 0 aromatic heterocycles. The molecular formula is C21H21Cl2NO2. The Hall–Kier alpha value is -1.97. The van der Waals surface area contributed by atoms with Crippen molar-refractivity contribution >= 4 is 35.2 Å². The fraction of sp³-hybridized carbons (Fsp3) is 0.286. The van der Waals surface area contributed by atoms with Gasteiger partial charge in [0.1, 0.15) is 11.4 Å². The van der Waals surface area contributed by atoms with Gasteiger partial charge >= 0.3 is 0 Å². The number of halogens is 2. The van der Waals surface area contributed by atoms with E-state index in [0.717, 1.165) is 22.4 Å². The van der Waals surface area contributed by atoms with E-state index in [1.807, 2.05) is 32.9 Å². The smallest absolute Gasteiger partial charge is 0.244 e. The molecule has 1 atom stereocenters. The Labute approximate surface area is 164 Å². The average Bonchev–Trinajstić information content (AvgIpc) is 2.54. The van der Waals surface area contributed by atoms with E-state index in [4.69, 9.17) is 27.9 Å². The Kier molecular flexibility index (Phi) is 5.31. The normalized spacial score (nSPS) is 18.3. The highest BCUT2D eigenvalue weighted by atomic mass is 35.5. The average molecular weight is 390 g/mol. The minimum Gasteiger partial charge on any atom is -0.487 e. The van der Waals surface area contributed by atoms with Gasteiger partial charge in [0.25, 0.3) is 0 Å². The van der Waals surface area contributed by atoms with E-state index in [2.05, 4.69) is 11.4 Å². The van der Waals surface area contributed by atoms with Gasteiger partial charge in [-0.25, -0.2) is 0 Å². The Morgan fingerprint density at radius 1 is 1.23 bits per heavy atom. The van der Waals surface area contributed by atoms with Crippen molar-refractivity contribution in [1.29, 1.82) is 0 Å². The molecule has 1 aliphatic rings. The number of carbonyl (C=O) groups is 1. The number of fused-ring (bicyclic) bond motifs is 1. The Morgan fingerprint density at radius 2 is 2.00 bits per heavy atom. The van der Waals surface area contributed by atoms with Gasteiger partial charge in [-0.05, 0) is 50.6 Å². The minimum atomic E-state index is -0.344. The molecule has 136 valence electrons. The third-order valence-electron chi connectivity index (χ3n) is 4.32. The van der Waals surface area contributed by atoms with Crippen LogP contribution in [-0.4, -0.2) is 11.5 Å². The van der Waals surface area contributed by atoms with Crippen molar-refractivity contribution < 1.29 is 9.53 Å². The number of hydrogen-bond acceptors (Lipinski definition) is 2. The molecule has 1 N–H and O–H groups in total. The number of aryl methyl sites for hydroxylation is 1. The molecule has 1 amide bonds. The van der Waals surface area contributed by atoms with Crippen LogP contribution in [0.3, 0.4) is 0 Å². The van der Waals surface area contributed by atoms with Crippen molar-refractivity contribution in [2.45, 2.75) is 38.8 Å². The quantitative estimate of drug-likeness (QED) is 0.680. The summed E-state index contributed by atoms with van der Waals surface area (Å²) in [4.78, 5) is 12.5. The first-order valence-corrected chi connectivity index (χ1v) is 9.22. The first kappa shape index (κ1) is 18.8. The maximum Gasteiger partial charge on any atom is 0.244 e. The molecule has 3 rings (SSSR count). The maximum atomic E-state index is 12.5. The predicted octanol–water partition coefficient (Wildman–Crippen LogP) is 5.73. The van der Waals surface area contributed by atoms with Gasteiger partial charge in [0.05, 0.1) is 6.04 Å². The van der Waals surface area contributed by atoms with E-state index < -0.39 is 0 Å². The maximum absolute atomic E-state index is 12.5. The number of nitrogens with one attached hydrogen (secondary N) is 1. The highest BCUT2D eigenvalue weighted by Crippen LogP contribution is 2.39. The number of rotatable bonds is 3. The molecule has 1 aliphatic heterocycles. The molecule has 2 aromatic carbocycles. The standard InChI is InChI=1S/C21H21Cl2NO2/c1-13-4-8-19-16(10-13)18(12-21(2,3)26-19)24-20(25)9-6-14-5-7-15(22)11-17(14)23/h4-11,18H,12H2,1-3H3,(H,24,25)/b9-6+. The zero-order chi connectivity index (χ0) is 18.9. The van der Waals surface area contributed by atoms with Gasteiger partial charge in [0, 0.05) is 28.1 Å². The molecule has 0 bridgehead atoms. The molecule has 5 heteroatoms. The molecule has 0 saturated heterocycles. The van der Waals surface area contributed by atoms with Crippen molar-refractivity contribution in [2.75, 3.05) is 0 Å². The Morgan fingerprint density at radius 3 is 2.73 bits per heavy atom. The fourth-order valence-electron chi connectivity index (χ4n) is 3.12. The van der Waals surface area contributed by atoms with Crippen LogP contribution >= 0.6 is 23.2 Å². The molecule has 0 aliphatic carbocycles. The summed E-state index contributed by atoms with van der Waals surface area (Å²) in [6.45, 7) is 6.08. The lowest BCUT2D eigenvalue weighted by atomic mass is 9.89. The zero-order valence-corrected chi connectivity index (χ0v) is 16.5. The van der Waals surface area contributed by atoms with Crippen LogP contribution in [0.4, 0.5) is 0 Å². The van der Waals surface area contributed by atoms with Crippen molar-refractivity contribution in [2.24, 2.45) is 0 Å². The zero-order valence-electron chi connectivity index (χ0n) is 15.0. The number of benzene rings is 2. The van der Waals surface area contributed by atoms with Crippen LogP contribution in [-0.2, 0) is 4.79 Å². The van der Waals surface area contributed by atoms with E-state index in [9.17, 15) is 4.79 Å². The van der Waals surface area contributed by atoms with E-state index in [1.54, 1.807) is 24.3 Å². The second-order valence-corrected chi connectivity index (χ2v) is 8.01. The Bertz CT molecular complexity index is 874. The largest absolute Gasteiger partial charge is 0.487 e. The first-order chi connectivity index (χ1) is 12.2. The molecule has 2 aromatic rings.